The largest absolute Gasteiger partial charge is 0.460 e. The second-order valence-corrected chi connectivity index (χ2v) is 8.50. The van der Waals surface area contributed by atoms with Crippen LogP contribution in [0, 0.1) is 5.92 Å². The van der Waals surface area contributed by atoms with Crippen molar-refractivity contribution in [1.82, 2.24) is 4.90 Å². The van der Waals surface area contributed by atoms with Crippen LogP contribution in [-0.4, -0.2) is 42.8 Å². The average molecular weight is 362 g/mol. The summed E-state index contributed by atoms with van der Waals surface area (Å²) in [5.41, 5.74) is 0.818. The van der Waals surface area contributed by atoms with Crippen LogP contribution in [0.15, 0.2) is 30.3 Å². The highest BCUT2D eigenvalue weighted by molar-refractivity contribution is 5.70. The zero-order chi connectivity index (χ0) is 19.2. The van der Waals surface area contributed by atoms with Crippen LogP contribution >= 0.6 is 0 Å². The Labute approximate surface area is 158 Å². The Morgan fingerprint density at radius 2 is 1.81 bits per heavy atom. The summed E-state index contributed by atoms with van der Waals surface area (Å²) in [5.74, 6) is 0.386. The van der Waals surface area contributed by atoms with E-state index in [1.54, 1.807) is 7.11 Å². The van der Waals surface area contributed by atoms with Gasteiger partial charge in [-0.25, -0.2) is 0 Å². The summed E-state index contributed by atoms with van der Waals surface area (Å²) in [6.45, 7) is 6.57. The Balaban J connectivity index is 2.11. The standard InChI is InChI=1S/C22H35NO3/c1-22(2,3)26-20(24)15-19(25-5)21(18-13-9-10-14-18)23(4)16-17-11-7-6-8-12-17/h6-8,11-12,18-19,21H,9-10,13-16H2,1-5H3/t19-,21+/m1/s1. The second kappa shape index (κ2) is 9.52. The van der Waals surface area contributed by atoms with E-state index in [1.807, 2.05) is 26.8 Å². The average Bonchev–Trinajstić information content (AvgIpc) is 3.07. The van der Waals surface area contributed by atoms with Gasteiger partial charge in [-0.1, -0.05) is 43.2 Å². The highest BCUT2D eigenvalue weighted by Gasteiger charge is 2.36. The molecule has 0 bridgehead atoms. The first-order valence-corrected chi connectivity index (χ1v) is 9.79. The third kappa shape index (κ3) is 6.40. The molecular formula is C22H35NO3. The number of nitrogens with zero attached hydrogens (tertiary/aromatic N) is 1. The molecule has 1 aromatic rings. The van der Waals surface area contributed by atoms with Crippen LogP contribution in [0.4, 0.5) is 0 Å². The van der Waals surface area contributed by atoms with Gasteiger partial charge in [0.15, 0.2) is 0 Å². The first kappa shape index (κ1) is 20.9. The monoisotopic (exact) mass is 361 g/mol. The van der Waals surface area contributed by atoms with E-state index in [-0.39, 0.29) is 18.1 Å². The van der Waals surface area contributed by atoms with Crippen molar-refractivity contribution in [3.05, 3.63) is 35.9 Å². The SMILES string of the molecule is CO[C@H](CC(=O)OC(C)(C)C)[C@H](C1CCCC1)N(C)Cc1ccccc1. The van der Waals surface area contributed by atoms with Gasteiger partial charge in [0.1, 0.15) is 5.60 Å². The van der Waals surface area contributed by atoms with E-state index < -0.39 is 5.60 Å². The van der Waals surface area contributed by atoms with Gasteiger partial charge >= 0.3 is 5.97 Å². The van der Waals surface area contributed by atoms with Gasteiger partial charge in [-0.05, 0) is 52.1 Å². The third-order valence-electron chi connectivity index (χ3n) is 5.14. The van der Waals surface area contributed by atoms with Crippen molar-refractivity contribution in [2.75, 3.05) is 14.2 Å². The molecule has 146 valence electrons. The fraction of sp³-hybridized carbons (Fsp3) is 0.682. The molecule has 1 aliphatic carbocycles. The van der Waals surface area contributed by atoms with Crippen LogP contribution in [0.25, 0.3) is 0 Å². The molecule has 1 fully saturated rings. The number of methoxy groups -OCH3 is 1. The Morgan fingerprint density at radius 3 is 2.35 bits per heavy atom. The van der Waals surface area contributed by atoms with Crippen LogP contribution in [0.5, 0.6) is 0 Å². The van der Waals surface area contributed by atoms with E-state index in [0.717, 1.165) is 6.54 Å². The van der Waals surface area contributed by atoms with Gasteiger partial charge in [0.05, 0.1) is 12.5 Å². The molecule has 0 amide bonds. The number of hydrogen-bond donors (Lipinski definition) is 0. The third-order valence-corrected chi connectivity index (χ3v) is 5.14. The lowest BCUT2D eigenvalue weighted by Crippen LogP contribution is -2.47. The van der Waals surface area contributed by atoms with Gasteiger partial charge in [0, 0.05) is 19.7 Å². The summed E-state index contributed by atoms with van der Waals surface area (Å²) in [7, 11) is 3.87. The highest BCUT2D eigenvalue weighted by atomic mass is 16.6. The molecule has 4 nitrogen and oxygen atoms in total. The minimum absolute atomic E-state index is 0.151. The summed E-state index contributed by atoms with van der Waals surface area (Å²) in [4.78, 5) is 14.8. The predicted molar refractivity (Wildman–Crippen MR) is 105 cm³/mol. The molecule has 1 aliphatic rings. The second-order valence-electron chi connectivity index (χ2n) is 8.50. The molecule has 0 saturated heterocycles. The number of rotatable bonds is 8. The summed E-state index contributed by atoms with van der Waals surface area (Å²) in [6, 6.07) is 10.7. The van der Waals surface area contributed by atoms with Gasteiger partial charge < -0.3 is 9.47 Å². The van der Waals surface area contributed by atoms with Crippen LogP contribution in [-0.2, 0) is 20.8 Å². The molecule has 0 heterocycles. The van der Waals surface area contributed by atoms with E-state index in [2.05, 4.69) is 36.2 Å². The molecule has 1 aromatic carbocycles. The maximum absolute atomic E-state index is 12.4. The Kier molecular flexibility index (Phi) is 7.66. The van der Waals surface area contributed by atoms with Gasteiger partial charge in [0.25, 0.3) is 0 Å². The quantitative estimate of drug-likeness (QED) is 0.642. The van der Waals surface area contributed by atoms with Crippen molar-refractivity contribution in [3.8, 4) is 0 Å². The number of benzene rings is 1. The highest BCUT2D eigenvalue weighted by Crippen LogP contribution is 2.34. The molecule has 0 radical (unpaired) electrons. The fourth-order valence-electron chi connectivity index (χ4n) is 4.11. The van der Waals surface area contributed by atoms with Crippen molar-refractivity contribution < 1.29 is 14.3 Å². The summed E-state index contributed by atoms with van der Waals surface area (Å²) in [6.07, 6.45) is 5.10. The molecule has 0 N–H and O–H groups in total. The minimum atomic E-state index is -0.464. The molecule has 4 heteroatoms. The Morgan fingerprint density at radius 1 is 1.19 bits per heavy atom. The zero-order valence-electron chi connectivity index (χ0n) is 17.0. The normalized spacial score (nSPS) is 18.1. The number of ether oxygens (including phenoxy) is 2. The lowest BCUT2D eigenvalue weighted by atomic mass is 9.90. The molecular weight excluding hydrogens is 326 g/mol. The van der Waals surface area contributed by atoms with E-state index >= 15 is 0 Å². The molecule has 0 unspecified atom stereocenters. The van der Waals surface area contributed by atoms with E-state index in [9.17, 15) is 4.79 Å². The van der Waals surface area contributed by atoms with Crippen molar-refractivity contribution >= 4 is 5.97 Å². The predicted octanol–water partition coefficient (Wildman–Crippen LogP) is 4.42. The van der Waals surface area contributed by atoms with E-state index in [1.165, 1.54) is 31.2 Å². The van der Waals surface area contributed by atoms with E-state index in [4.69, 9.17) is 9.47 Å². The maximum atomic E-state index is 12.4. The van der Waals surface area contributed by atoms with E-state index in [0.29, 0.717) is 12.3 Å². The van der Waals surface area contributed by atoms with Crippen molar-refractivity contribution in [3.63, 3.8) is 0 Å². The molecule has 0 aliphatic heterocycles. The Bertz CT molecular complexity index is 546. The summed E-state index contributed by atoms with van der Waals surface area (Å²) >= 11 is 0. The van der Waals surface area contributed by atoms with Crippen molar-refractivity contribution in [2.24, 2.45) is 5.92 Å². The number of likely N-dealkylation sites (N-methyl/N-ethyl adjacent to an activating group) is 1. The minimum Gasteiger partial charge on any atom is -0.460 e. The summed E-state index contributed by atoms with van der Waals surface area (Å²) in [5, 5.41) is 0. The topological polar surface area (TPSA) is 38.8 Å². The summed E-state index contributed by atoms with van der Waals surface area (Å²) < 4.78 is 11.4. The molecule has 0 aromatic heterocycles. The Hall–Kier alpha value is -1.39. The number of carbonyl (C=O) groups excluding carboxylic acids is 1. The number of carbonyl (C=O) groups is 1. The molecule has 0 spiro atoms. The fourth-order valence-corrected chi connectivity index (χ4v) is 4.11. The van der Waals surface area contributed by atoms with Crippen molar-refractivity contribution in [2.45, 2.75) is 77.2 Å². The van der Waals surface area contributed by atoms with Crippen LogP contribution in [0.2, 0.25) is 0 Å². The zero-order valence-corrected chi connectivity index (χ0v) is 17.0. The van der Waals surface area contributed by atoms with Crippen LogP contribution < -0.4 is 0 Å². The number of esters is 1. The van der Waals surface area contributed by atoms with Crippen LogP contribution in [0.1, 0.15) is 58.4 Å². The van der Waals surface area contributed by atoms with Gasteiger partial charge in [-0.2, -0.15) is 0 Å². The van der Waals surface area contributed by atoms with Gasteiger partial charge in [-0.3, -0.25) is 9.69 Å². The first-order valence-electron chi connectivity index (χ1n) is 9.79. The molecule has 1 saturated carbocycles. The molecule has 2 rings (SSSR count). The van der Waals surface area contributed by atoms with Gasteiger partial charge in [-0.15, -0.1) is 0 Å². The lowest BCUT2D eigenvalue weighted by molar-refractivity contribution is -0.159. The van der Waals surface area contributed by atoms with Crippen molar-refractivity contribution in [1.29, 1.82) is 0 Å². The molecule has 2 atom stereocenters. The van der Waals surface area contributed by atoms with Gasteiger partial charge in [0.2, 0.25) is 0 Å². The lowest BCUT2D eigenvalue weighted by Gasteiger charge is -2.38. The van der Waals surface area contributed by atoms with Crippen LogP contribution in [0.3, 0.4) is 0 Å². The number of hydrogen-bond acceptors (Lipinski definition) is 4. The first-order chi connectivity index (χ1) is 12.3. The molecule has 26 heavy (non-hydrogen) atoms. The maximum Gasteiger partial charge on any atom is 0.309 e. The smallest absolute Gasteiger partial charge is 0.309 e.